The van der Waals surface area contributed by atoms with Gasteiger partial charge in [0, 0.05) is 11.3 Å². The number of hydrogen-bond donors (Lipinski definition) is 1. The molecule has 0 aromatic carbocycles. The predicted octanol–water partition coefficient (Wildman–Crippen LogP) is 2.25. The van der Waals surface area contributed by atoms with Crippen LogP contribution >= 0.6 is 0 Å². The van der Waals surface area contributed by atoms with Crippen LogP contribution in [0.25, 0.3) is 0 Å². The van der Waals surface area contributed by atoms with Crippen molar-refractivity contribution in [1.29, 1.82) is 5.26 Å². The fourth-order valence-electron chi connectivity index (χ4n) is 5.31. The molecule has 1 spiro atoms. The van der Waals surface area contributed by atoms with E-state index < -0.39 is 16.6 Å². The van der Waals surface area contributed by atoms with Gasteiger partial charge >= 0.3 is 0 Å². The molecule has 1 saturated heterocycles. The van der Waals surface area contributed by atoms with Crippen molar-refractivity contribution >= 4 is 0 Å². The van der Waals surface area contributed by atoms with E-state index in [0.29, 0.717) is 13.0 Å². The molecule has 3 heteroatoms. The summed E-state index contributed by atoms with van der Waals surface area (Å²) in [5.74, 6) is 5.72. The van der Waals surface area contributed by atoms with Gasteiger partial charge in [0.15, 0.2) is 5.60 Å². The summed E-state index contributed by atoms with van der Waals surface area (Å²) in [5, 5.41) is 20.7. The van der Waals surface area contributed by atoms with Crippen molar-refractivity contribution in [2.45, 2.75) is 56.1 Å². The summed E-state index contributed by atoms with van der Waals surface area (Å²) in [6.07, 6.45) is 17.0. The van der Waals surface area contributed by atoms with Crippen molar-refractivity contribution < 1.29 is 9.84 Å². The smallest absolute Gasteiger partial charge is 0.161 e. The van der Waals surface area contributed by atoms with E-state index in [2.05, 4.69) is 17.9 Å². The molecule has 3 aliphatic rings. The predicted molar refractivity (Wildman–Crippen MR) is 78.6 cm³/mol. The van der Waals surface area contributed by atoms with Crippen LogP contribution in [0.3, 0.4) is 0 Å². The van der Waals surface area contributed by atoms with Crippen LogP contribution in [0.4, 0.5) is 0 Å². The third-order valence-electron chi connectivity index (χ3n) is 6.24. The van der Waals surface area contributed by atoms with Gasteiger partial charge in [-0.25, -0.2) is 0 Å². The molecule has 0 aromatic rings. The van der Waals surface area contributed by atoms with E-state index in [1.807, 2.05) is 0 Å². The van der Waals surface area contributed by atoms with Crippen molar-refractivity contribution in [2.24, 2.45) is 17.3 Å². The second-order valence-corrected chi connectivity index (χ2v) is 6.74. The number of aliphatic hydroxyl groups is 1. The van der Waals surface area contributed by atoms with Gasteiger partial charge in [-0.05, 0) is 38.0 Å². The molecule has 3 rings (SSSR count). The highest BCUT2D eigenvalue weighted by Crippen LogP contribution is 2.65. The average molecular weight is 283 g/mol. The number of nitriles is 1. The first-order chi connectivity index (χ1) is 10.1. The minimum atomic E-state index is -1.44. The molecule has 0 unspecified atom stereocenters. The van der Waals surface area contributed by atoms with Crippen LogP contribution in [0, 0.1) is 53.3 Å². The summed E-state index contributed by atoms with van der Waals surface area (Å²) >= 11 is 0. The van der Waals surface area contributed by atoms with Crippen LogP contribution in [-0.4, -0.2) is 22.9 Å². The van der Waals surface area contributed by atoms with Gasteiger partial charge in [0.2, 0.25) is 0 Å². The minimum absolute atomic E-state index is 0.0282. The third-order valence-corrected chi connectivity index (χ3v) is 6.24. The van der Waals surface area contributed by atoms with E-state index in [1.54, 1.807) is 0 Å². The highest BCUT2D eigenvalue weighted by atomic mass is 16.5. The van der Waals surface area contributed by atoms with Gasteiger partial charge in [0.1, 0.15) is 5.60 Å². The Morgan fingerprint density at radius 1 is 1.24 bits per heavy atom. The van der Waals surface area contributed by atoms with Crippen LogP contribution in [0.1, 0.15) is 44.9 Å². The third kappa shape index (κ3) is 1.53. The summed E-state index contributed by atoms with van der Waals surface area (Å²) in [5.41, 5.74) is -2.87. The quantitative estimate of drug-likeness (QED) is 0.751. The number of hydrogen-bond acceptors (Lipinski definition) is 3. The van der Waals surface area contributed by atoms with E-state index in [4.69, 9.17) is 17.6 Å². The van der Waals surface area contributed by atoms with Gasteiger partial charge in [-0.15, -0.1) is 18.8 Å². The molecule has 5 atom stereocenters. The molecule has 110 valence electrons. The largest absolute Gasteiger partial charge is 0.374 e. The van der Waals surface area contributed by atoms with Crippen LogP contribution in [-0.2, 0) is 4.74 Å². The summed E-state index contributed by atoms with van der Waals surface area (Å²) in [6.45, 7) is 0.559. The molecule has 1 heterocycles. The Kier molecular flexibility index (Phi) is 3.29. The van der Waals surface area contributed by atoms with E-state index in [-0.39, 0.29) is 18.3 Å². The van der Waals surface area contributed by atoms with Crippen LogP contribution in [0.2, 0.25) is 0 Å². The molecule has 3 fully saturated rings. The monoisotopic (exact) mass is 283 g/mol. The summed E-state index contributed by atoms with van der Waals surface area (Å²) in [7, 11) is 0. The zero-order chi connectivity index (χ0) is 15.1. The molecule has 0 radical (unpaired) electrons. The number of rotatable bonds is 1. The zero-order valence-electron chi connectivity index (χ0n) is 12.3. The number of fused-ring (bicyclic) bond motifs is 1. The molecule has 0 amide bonds. The van der Waals surface area contributed by atoms with Gasteiger partial charge in [-0.1, -0.05) is 12.3 Å². The molecule has 0 aromatic heterocycles. The maximum absolute atomic E-state index is 11.5. The molecule has 2 saturated carbocycles. The molecule has 1 aliphatic heterocycles. The SMILES string of the molecule is C#C[C@@H]1CCC[C@@H]2CO[C@]3(CC#N)CCC[C@@]21[C@@]3(O)C#C. The van der Waals surface area contributed by atoms with Crippen molar-refractivity contribution in [3.63, 3.8) is 0 Å². The highest BCUT2D eigenvalue weighted by Gasteiger charge is 2.72. The van der Waals surface area contributed by atoms with E-state index >= 15 is 0 Å². The summed E-state index contributed by atoms with van der Waals surface area (Å²) in [4.78, 5) is 0. The van der Waals surface area contributed by atoms with Crippen molar-refractivity contribution in [1.82, 2.24) is 0 Å². The van der Waals surface area contributed by atoms with Crippen LogP contribution in [0.5, 0.6) is 0 Å². The number of ether oxygens (including phenoxy) is 1. The van der Waals surface area contributed by atoms with E-state index in [1.165, 1.54) is 0 Å². The number of terminal acetylenes is 2. The standard InChI is InChI=1S/C18H21NO2/c1-3-14-7-5-8-15-13-21-16(11-12-19)9-6-10-17(14,15)18(16,20)4-2/h1-2,14-15,20H,5-11,13H2/t14-,15-,16+,17+,18-/m1/s1. The second kappa shape index (κ2) is 4.78. The van der Waals surface area contributed by atoms with Crippen molar-refractivity contribution in [2.75, 3.05) is 6.61 Å². The lowest BCUT2D eigenvalue weighted by Crippen LogP contribution is -2.75. The first-order valence-electron chi connectivity index (χ1n) is 7.77. The Bertz CT molecular complexity index is 565. The Morgan fingerprint density at radius 2 is 2.05 bits per heavy atom. The lowest BCUT2D eigenvalue weighted by molar-refractivity contribution is -0.308. The first kappa shape index (κ1) is 14.5. The van der Waals surface area contributed by atoms with Gasteiger partial charge in [0.05, 0.1) is 19.1 Å². The number of nitrogens with zero attached hydrogens (tertiary/aromatic N) is 1. The van der Waals surface area contributed by atoms with E-state index in [9.17, 15) is 10.4 Å². The second-order valence-electron chi connectivity index (χ2n) is 6.74. The Balaban J connectivity index is 2.19. The lowest BCUT2D eigenvalue weighted by Gasteiger charge is -2.66. The topological polar surface area (TPSA) is 53.2 Å². The van der Waals surface area contributed by atoms with E-state index in [0.717, 1.165) is 32.1 Å². The average Bonchev–Trinajstić information content (AvgIpc) is 2.49. The lowest BCUT2D eigenvalue weighted by atomic mass is 9.43. The Labute approximate surface area is 126 Å². The molecule has 2 aliphatic carbocycles. The fourth-order valence-corrected chi connectivity index (χ4v) is 5.31. The molecule has 21 heavy (non-hydrogen) atoms. The summed E-state index contributed by atoms with van der Waals surface area (Å²) in [6, 6.07) is 2.17. The summed E-state index contributed by atoms with van der Waals surface area (Å²) < 4.78 is 6.06. The normalized spacial score (nSPS) is 48.3. The van der Waals surface area contributed by atoms with Crippen molar-refractivity contribution in [3.8, 4) is 30.8 Å². The highest BCUT2D eigenvalue weighted by molar-refractivity contribution is 5.34. The maximum atomic E-state index is 11.5. The van der Waals surface area contributed by atoms with Crippen molar-refractivity contribution in [3.05, 3.63) is 0 Å². The zero-order valence-corrected chi connectivity index (χ0v) is 12.3. The maximum Gasteiger partial charge on any atom is 0.161 e. The molecular weight excluding hydrogens is 262 g/mol. The Hall–Kier alpha value is -1.47. The van der Waals surface area contributed by atoms with Gasteiger partial charge in [-0.3, -0.25) is 0 Å². The molecule has 3 nitrogen and oxygen atoms in total. The molecule has 2 bridgehead atoms. The van der Waals surface area contributed by atoms with Crippen LogP contribution < -0.4 is 0 Å². The van der Waals surface area contributed by atoms with Gasteiger partial charge in [0.25, 0.3) is 0 Å². The molecule has 1 N–H and O–H groups in total. The first-order valence-corrected chi connectivity index (χ1v) is 7.77. The minimum Gasteiger partial charge on any atom is -0.374 e. The van der Waals surface area contributed by atoms with Gasteiger partial charge in [-0.2, -0.15) is 5.26 Å². The van der Waals surface area contributed by atoms with Crippen LogP contribution in [0.15, 0.2) is 0 Å². The molecular formula is C18H21NO2. The Morgan fingerprint density at radius 3 is 2.71 bits per heavy atom. The fraction of sp³-hybridized carbons (Fsp3) is 0.722. The van der Waals surface area contributed by atoms with Gasteiger partial charge < -0.3 is 9.84 Å².